The number of carbonyl (C=O) groups excluding carboxylic acids is 1. The van der Waals surface area contributed by atoms with Crippen LogP contribution in [0, 0.1) is 0 Å². The molecule has 3 nitrogen and oxygen atoms in total. The molecule has 1 aromatic rings. The molecule has 0 aliphatic rings. The lowest BCUT2D eigenvalue weighted by Crippen LogP contribution is -2.36. The van der Waals surface area contributed by atoms with Crippen molar-refractivity contribution in [2.45, 2.75) is 25.8 Å². The summed E-state index contributed by atoms with van der Waals surface area (Å²) in [5.41, 5.74) is 0.786. The Bertz CT molecular complexity index is 421. The predicted octanol–water partition coefficient (Wildman–Crippen LogP) is 2.82. The molecular weight excluding hydrogens is 271 g/mol. The van der Waals surface area contributed by atoms with Crippen LogP contribution < -0.4 is 10.6 Å². The third kappa shape index (κ3) is 4.16. The predicted molar refractivity (Wildman–Crippen MR) is 76.4 cm³/mol. The van der Waals surface area contributed by atoms with E-state index >= 15 is 0 Å². The van der Waals surface area contributed by atoms with E-state index in [1.54, 1.807) is 25.2 Å². The molecule has 0 heterocycles. The average molecular weight is 289 g/mol. The van der Waals surface area contributed by atoms with Gasteiger partial charge in [0.15, 0.2) is 0 Å². The Morgan fingerprint density at radius 3 is 2.50 bits per heavy atom. The molecule has 1 amide bonds. The van der Waals surface area contributed by atoms with E-state index in [0.29, 0.717) is 22.6 Å². The first-order chi connectivity index (χ1) is 8.45. The van der Waals surface area contributed by atoms with Crippen molar-refractivity contribution in [3.63, 3.8) is 0 Å². The van der Waals surface area contributed by atoms with Crippen LogP contribution >= 0.6 is 23.2 Å². The zero-order valence-electron chi connectivity index (χ0n) is 10.8. The number of hydrogen-bond acceptors (Lipinski definition) is 2. The molecule has 0 fully saturated rings. The van der Waals surface area contributed by atoms with Gasteiger partial charge in [-0.2, -0.15) is 0 Å². The van der Waals surface area contributed by atoms with Crippen LogP contribution in [0.2, 0.25) is 10.0 Å². The molecule has 0 spiro atoms. The highest BCUT2D eigenvalue weighted by atomic mass is 35.5. The van der Waals surface area contributed by atoms with Gasteiger partial charge in [0.05, 0.1) is 5.92 Å². The molecule has 0 aliphatic carbocycles. The first-order valence-electron chi connectivity index (χ1n) is 5.85. The van der Waals surface area contributed by atoms with Gasteiger partial charge in [0.1, 0.15) is 0 Å². The summed E-state index contributed by atoms with van der Waals surface area (Å²) in [6, 6.07) is 5.51. The monoisotopic (exact) mass is 288 g/mol. The highest BCUT2D eigenvalue weighted by Crippen LogP contribution is 2.27. The summed E-state index contributed by atoms with van der Waals surface area (Å²) in [7, 11) is 1.62. The van der Waals surface area contributed by atoms with Crippen molar-refractivity contribution < 1.29 is 4.79 Å². The second-order valence-electron chi connectivity index (χ2n) is 4.40. The van der Waals surface area contributed by atoms with Crippen LogP contribution in [0.3, 0.4) is 0 Å². The van der Waals surface area contributed by atoms with Gasteiger partial charge in [-0.05, 0) is 17.7 Å². The normalized spacial score (nSPS) is 12.6. The van der Waals surface area contributed by atoms with Crippen LogP contribution in [0.15, 0.2) is 18.2 Å². The molecule has 1 unspecified atom stereocenters. The maximum absolute atomic E-state index is 11.9. The summed E-state index contributed by atoms with van der Waals surface area (Å²) in [4.78, 5) is 11.9. The lowest BCUT2D eigenvalue weighted by molar-refractivity contribution is -0.122. The molecule has 0 aromatic heterocycles. The molecule has 0 saturated carbocycles. The van der Waals surface area contributed by atoms with Crippen LogP contribution in [0.5, 0.6) is 0 Å². The fourth-order valence-corrected chi connectivity index (χ4v) is 2.20. The number of halogens is 2. The molecule has 1 atom stereocenters. The maximum atomic E-state index is 11.9. The van der Waals surface area contributed by atoms with Gasteiger partial charge >= 0.3 is 0 Å². The first kappa shape index (κ1) is 15.3. The van der Waals surface area contributed by atoms with E-state index in [1.807, 2.05) is 13.8 Å². The van der Waals surface area contributed by atoms with Crippen molar-refractivity contribution in [3.8, 4) is 0 Å². The number of amides is 1. The van der Waals surface area contributed by atoms with E-state index in [0.717, 1.165) is 5.56 Å². The Kier molecular flexibility index (Phi) is 5.93. The molecular formula is C13H18Cl2N2O. The zero-order valence-corrected chi connectivity index (χ0v) is 12.3. The average Bonchev–Trinajstić information content (AvgIpc) is 2.30. The minimum absolute atomic E-state index is 0.0626. The smallest absolute Gasteiger partial charge is 0.228 e. The molecule has 0 saturated heterocycles. The molecule has 18 heavy (non-hydrogen) atoms. The number of benzene rings is 1. The number of likely N-dealkylation sites (N-methyl/N-ethyl adjacent to an activating group) is 1. The second kappa shape index (κ2) is 6.98. The summed E-state index contributed by atoms with van der Waals surface area (Å²) in [5.74, 6) is -0.380. The summed E-state index contributed by atoms with van der Waals surface area (Å²) < 4.78 is 0. The van der Waals surface area contributed by atoms with E-state index < -0.39 is 0 Å². The Hall–Kier alpha value is -0.770. The van der Waals surface area contributed by atoms with Crippen molar-refractivity contribution in [3.05, 3.63) is 33.8 Å². The molecule has 1 aromatic carbocycles. The van der Waals surface area contributed by atoms with Gasteiger partial charge in [-0.1, -0.05) is 43.1 Å². The van der Waals surface area contributed by atoms with E-state index in [4.69, 9.17) is 23.2 Å². The molecule has 2 N–H and O–H groups in total. The van der Waals surface area contributed by atoms with Gasteiger partial charge in [0.2, 0.25) is 5.91 Å². The van der Waals surface area contributed by atoms with Crippen LogP contribution in [-0.4, -0.2) is 25.5 Å². The van der Waals surface area contributed by atoms with Crippen LogP contribution in [0.4, 0.5) is 0 Å². The molecule has 0 aliphatic heterocycles. The number of hydrogen-bond donors (Lipinski definition) is 2. The Morgan fingerprint density at radius 2 is 2.00 bits per heavy atom. The van der Waals surface area contributed by atoms with Crippen molar-refractivity contribution in [2.24, 2.45) is 0 Å². The second-order valence-corrected chi connectivity index (χ2v) is 5.24. The summed E-state index contributed by atoms with van der Waals surface area (Å²) in [6.07, 6.45) is 0. The van der Waals surface area contributed by atoms with Gasteiger partial charge in [-0.3, -0.25) is 4.79 Å². The highest BCUT2D eigenvalue weighted by Gasteiger charge is 2.22. The van der Waals surface area contributed by atoms with Crippen LogP contribution in [0.25, 0.3) is 0 Å². The molecule has 0 bridgehead atoms. The largest absolute Gasteiger partial charge is 0.359 e. The third-order valence-electron chi connectivity index (χ3n) is 2.63. The third-order valence-corrected chi connectivity index (χ3v) is 3.19. The lowest BCUT2D eigenvalue weighted by Gasteiger charge is -2.19. The quantitative estimate of drug-likeness (QED) is 0.875. The van der Waals surface area contributed by atoms with E-state index in [1.165, 1.54) is 0 Å². The molecule has 0 radical (unpaired) electrons. The Labute approximate surface area is 118 Å². The number of carbonyl (C=O) groups is 1. The van der Waals surface area contributed by atoms with Gasteiger partial charge in [-0.25, -0.2) is 0 Å². The summed E-state index contributed by atoms with van der Waals surface area (Å²) in [5, 5.41) is 6.99. The minimum Gasteiger partial charge on any atom is -0.359 e. The van der Waals surface area contributed by atoms with E-state index in [2.05, 4.69) is 10.6 Å². The zero-order chi connectivity index (χ0) is 13.7. The SMILES string of the molecule is CNC(=O)C(CNC(C)C)c1ccc(Cl)cc1Cl. The molecule has 5 heteroatoms. The lowest BCUT2D eigenvalue weighted by atomic mass is 9.97. The van der Waals surface area contributed by atoms with Gasteiger partial charge in [-0.15, -0.1) is 0 Å². The van der Waals surface area contributed by atoms with Gasteiger partial charge < -0.3 is 10.6 Å². The summed E-state index contributed by atoms with van der Waals surface area (Å²) >= 11 is 12.0. The maximum Gasteiger partial charge on any atom is 0.228 e. The minimum atomic E-state index is -0.317. The van der Waals surface area contributed by atoms with Crippen LogP contribution in [-0.2, 0) is 4.79 Å². The van der Waals surface area contributed by atoms with Crippen molar-refractivity contribution in [2.75, 3.05) is 13.6 Å². The standard InChI is InChI=1S/C13H18Cl2N2O/c1-8(2)17-7-11(13(18)16-3)10-5-4-9(14)6-12(10)15/h4-6,8,11,17H,7H2,1-3H3,(H,16,18). The van der Waals surface area contributed by atoms with Crippen LogP contribution in [0.1, 0.15) is 25.3 Å². The van der Waals surface area contributed by atoms with Gasteiger partial charge in [0.25, 0.3) is 0 Å². The van der Waals surface area contributed by atoms with Crippen molar-refractivity contribution >= 4 is 29.1 Å². The number of rotatable bonds is 5. The number of nitrogens with one attached hydrogen (secondary N) is 2. The Balaban J connectivity index is 2.97. The van der Waals surface area contributed by atoms with E-state index in [9.17, 15) is 4.79 Å². The fourth-order valence-electron chi connectivity index (χ4n) is 1.66. The van der Waals surface area contributed by atoms with Crippen molar-refractivity contribution in [1.29, 1.82) is 0 Å². The molecule has 100 valence electrons. The summed E-state index contributed by atoms with van der Waals surface area (Å²) in [6.45, 7) is 4.60. The van der Waals surface area contributed by atoms with Crippen molar-refractivity contribution in [1.82, 2.24) is 10.6 Å². The Morgan fingerprint density at radius 1 is 1.33 bits per heavy atom. The van der Waals surface area contributed by atoms with E-state index in [-0.39, 0.29) is 11.8 Å². The fraction of sp³-hybridized carbons (Fsp3) is 0.462. The molecule has 1 rings (SSSR count). The first-order valence-corrected chi connectivity index (χ1v) is 6.61. The highest BCUT2D eigenvalue weighted by molar-refractivity contribution is 6.35. The van der Waals surface area contributed by atoms with Gasteiger partial charge in [0, 0.05) is 29.7 Å². The topological polar surface area (TPSA) is 41.1 Å².